The van der Waals surface area contributed by atoms with Crippen molar-refractivity contribution < 1.29 is 0 Å². The van der Waals surface area contributed by atoms with Gasteiger partial charge in [0.1, 0.15) is 0 Å². The van der Waals surface area contributed by atoms with Gasteiger partial charge in [-0.2, -0.15) is 0 Å². The van der Waals surface area contributed by atoms with E-state index in [9.17, 15) is 0 Å². The first-order valence-corrected chi connectivity index (χ1v) is 6.70. The van der Waals surface area contributed by atoms with E-state index in [0.29, 0.717) is 11.8 Å². The molecule has 0 N–H and O–H groups in total. The van der Waals surface area contributed by atoms with E-state index in [1.165, 1.54) is 22.3 Å². The summed E-state index contributed by atoms with van der Waals surface area (Å²) in [5.74, 6) is 1.08. The highest BCUT2D eigenvalue weighted by atomic mass is 14.2. The minimum atomic E-state index is 0.541. The number of hydrogen-bond donors (Lipinski definition) is 0. The summed E-state index contributed by atoms with van der Waals surface area (Å²) in [6.45, 7) is 9.04. The van der Waals surface area contributed by atoms with Crippen LogP contribution >= 0.6 is 0 Å². The molecular formula is C18H21. The minimum absolute atomic E-state index is 0.541. The van der Waals surface area contributed by atoms with Crippen LogP contribution in [0.2, 0.25) is 0 Å². The van der Waals surface area contributed by atoms with E-state index >= 15 is 0 Å². The highest BCUT2D eigenvalue weighted by Crippen LogP contribution is 2.35. The summed E-state index contributed by atoms with van der Waals surface area (Å²) in [4.78, 5) is 0. The molecular weight excluding hydrogens is 216 g/mol. The Morgan fingerprint density at radius 2 is 1.44 bits per heavy atom. The van der Waals surface area contributed by atoms with Crippen molar-refractivity contribution in [2.45, 2.75) is 39.5 Å². The number of benzene rings is 2. The topological polar surface area (TPSA) is 0 Å². The Bertz CT molecular complexity index is 481. The normalized spacial score (nSPS) is 11.2. The van der Waals surface area contributed by atoms with Crippen LogP contribution in [0.1, 0.15) is 50.7 Å². The predicted molar refractivity (Wildman–Crippen MR) is 78.9 cm³/mol. The van der Waals surface area contributed by atoms with Crippen LogP contribution in [0.15, 0.2) is 42.5 Å². The second-order valence-corrected chi connectivity index (χ2v) is 5.41. The molecule has 2 aromatic carbocycles. The molecule has 0 unspecified atom stereocenters. The van der Waals surface area contributed by atoms with Gasteiger partial charge in [-0.05, 0) is 46.2 Å². The van der Waals surface area contributed by atoms with E-state index in [0.717, 1.165) is 0 Å². The van der Waals surface area contributed by atoms with Crippen molar-refractivity contribution in [3.05, 3.63) is 59.7 Å². The summed E-state index contributed by atoms with van der Waals surface area (Å²) < 4.78 is 0. The summed E-state index contributed by atoms with van der Waals surface area (Å²) in [5, 5.41) is 0. The van der Waals surface area contributed by atoms with E-state index in [1.807, 2.05) is 6.07 Å². The van der Waals surface area contributed by atoms with Gasteiger partial charge >= 0.3 is 0 Å². The third-order valence-electron chi connectivity index (χ3n) is 3.37. The molecule has 0 aromatic heterocycles. The van der Waals surface area contributed by atoms with Crippen molar-refractivity contribution >= 4 is 0 Å². The fraction of sp³-hybridized carbons (Fsp3) is 0.333. The van der Waals surface area contributed by atoms with Crippen LogP contribution in [0.4, 0.5) is 0 Å². The van der Waals surface area contributed by atoms with Crippen LogP contribution in [0.5, 0.6) is 0 Å². The number of hydrogen-bond acceptors (Lipinski definition) is 0. The van der Waals surface area contributed by atoms with Crippen LogP contribution in [-0.2, 0) is 0 Å². The van der Waals surface area contributed by atoms with E-state index in [2.05, 4.69) is 70.2 Å². The van der Waals surface area contributed by atoms with Crippen LogP contribution in [-0.4, -0.2) is 0 Å². The Hall–Kier alpha value is -1.56. The fourth-order valence-electron chi connectivity index (χ4n) is 2.43. The molecule has 2 aromatic rings. The van der Waals surface area contributed by atoms with Gasteiger partial charge in [0, 0.05) is 0 Å². The van der Waals surface area contributed by atoms with Crippen LogP contribution in [0.25, 0.3) is 11.1 Å². The molecule has 0 nitrogen and oxygen atoms in total. The molecule has 0 saturated carbocycles. The van der Waals surface area contributed by atoms with Gasteiger partial charge < -0.3 is 0 Å². The van der Waals surface area contributed by atoms with Gasteiger partial charge in [-0.15, -0.1) is 0 Å². The molecule has 0 heteroatoms. The van der Waals surface area contributed by atoms with Crippen molar-refractivity contribution in [3.63, 3.8) is 0 Å². The Labute approximate surface area is 111 Å². The van der Waals surface area contributed by atoms with E-state index < -0.39 is 0 Å². The third-order valence-corrected chi connectivity index (χ3v) is 3.37. The lowest BCUT2D eigenvalue weighted by Gasteiger charge is -2.19. The molecule has 2 rings (SSSR count). The average molecular weight is 237 g/mol. The minimum Gasteiger partial charge on any atom is -0.0617 e. The Morgan fingerprint density at radius 3 is 1.89 bits per heavy atom. The predicted octanol–water partition coefficient (Wildman–Crippen LogP) is 5.40. The zero-order valence-electron chi connectivity index (χ0n) is 11.7. The SMILES string of the molecule is CC(C)c1cccc(C(C)C)c1-c1c[c]ccc1. The fourth-order valence-corrected chi connectivity index (χ4v) is 2.43. The van der Waals surface area contributed by atoms with Crippen molar-refractivity contribution in [1.29, 1.82) is 0 Å². The summed E-state index contributed by atoms with van der Waals surface area (Å²) in [6, 6.07) is 18.2. The zero-order chi connectivity index (χ0) is 13.1. The second-order valence-electron chi connectivity index (χ2n) is 5.41. The van der Waals surface area contributed by atoms with Crippen molar-refractivity contribution in [2.24, 2.45) is 0 Å². The van der Waals surface area contributed by atoms with Crippen molar-refractivity contribution in [3.8, 4) is 11.1 Å². The van der Waals surface area contributed by atoms with Crippen LogP contribution in [0.3, 0.4) is 0 Å². The molecule has 0 fully saturated rings. The summed E-state index contributed by atoms with van der Waals surface area (Å²) in [7, 11) is 0. The summed E-state index contributed by atoms with van der Waals surface area (Å²) >= 11 is 0. The molecule has 1 radical (unpaired) electrons. The second kappa shape index (κ2) is 5.39. The first-order chi connectivity index (χ1) is 8.61. The zero-order valence-corrected chi connectivity index (χ0v) is 11.7. The van der Waals surface area contributed by atoms with Gasteiger partial charge in [-0.25, -0.2) is 0 Å². The van der Waals surface area contributed by atoms with E-state index in [-0.39, 0.29) is 0 Å². The first-order valence-electron chi connectivity index (χ1n) is 6.70. The third kappa shape index (κ3) is 2.48. The maximum absolute atomic E-state index is 3.19. The lowest BCUT2D eigenvalue weighted by molar-refractivity contribution is 0.838. The van der Waals surface area contributed by atoms with Gasteiger partial charge in [0.25, 0.3) is 0 Å². The quantitative estimate of drug-likeness (QED) is 0.670. The molecule has 0 atom stereocenters. The van der Waals surface area contributed by atoms with Gasteiger partial charge in [0.15, 0.2) is 0 Å². The average Bonchev–Trinajstić information content (AvgIpc) is 2.38. The Balaban J connectivity index is 2.69. The van der Waals surface area contributed by atoms with E-state index in [4.69, 9.17) is 0 Å². The summed E-state index contributed by atoms with van der Waals surface area (Å²) in [6.07, 6.45) is 0. The highest BCUT2D eigenvalue weighted by Gasteiger charge is 2.14. The largest absolute Gasteiger partial charge is 0.0617 e. The Morgan fingerprint density at radius 1 is 0.833 bits per heavy atom. The maximum Gasteiger partial charge on any atom is -0.0114 e. The molecule has 0 aliphatic heterocycles. The molecule has 0 aliphatic rings. The maximum atomic E-state index is 3.19. The molecule has 18 heavy (non-hydrogen) atoms. The molecule has 93 valence electrons. The molecule has 0 saturated heterocycles. The van der Waals surface area contributed by atoms with Crippen LogP contribution < -0.4 is 0 Å². The van der Waals surface area contributed by atoms with Gasteiger partial charge in [0.2, 0.25) is 0 Å². The first kappa shape index (κ1) is 12.9. The van der Waals surface area contributed by atoms with Gasteiger partial charge in [-0.1, -0.05) is 64.1 Å². The van der Waals surface area contributed by atoms with Crippen molar-refractivity contribution in [2.75, 3.05) is 0 Å². The van der Waals surface area contributed by atoms with Crippen LogP contribution in [0, 0.1) is 6.07 Å². The smallest absolute Gasteiger partial charge is 0.0114 e. The molecule has 0 bridgehead atoms. The van der Waals surface area contributed by atoms with Gasteiger partial charge in [0.05, 0.1) is 0 Å². The molecule has 0 aliphatic carbocycles. The lowest BCUT2D eigenvalue weighted by atomic mass is 9.85. The monoisotopic (exact) mass is 237 g/mol. The molecule has 0 amide bonds. The molecule has 0 spiro atoms. The standard InChI is InChI=1S/C18H21/c1-13(2)16-11-8-12-17(14(3)4)18(16)15-9-6-5-7-10-15/h5-6,8-14H,1-4H3. The van der Waals surface area contributed by atoms with E-state index in [1.54, 1.807) is 0 Å². The van der Waals surface area contributed by atoms with Crippen molar-refractivity contribution in [1.82, 2.24) is 0 Å². The lowest BCUT2D eigenvalue weighted by Crippen LogP contribution is -1.99. The van der Waals surface area contributed by atoms with Gasteiger partial charge in [-0.3, -0.25) is 0 Å². The summed E-state index contributed by atoms with van der Waals surface area (Å²) in [5.41, 5.74) is 5.55. The highest BCUT2D eigenvalue weighted by molar-refractivity contribution is 5.72. The molecule has 0 heterocycles. The Kier molecular flexibility index (Phi) is 3.86. The number of rotatable bonds is 3.